The van der Waals surface area contributed by atoms with Gasteiger partial charge < -0.3 is 5.73 Å². The van der Waals surface area contributed by atoms with E-state index < -0.39 is 0 Å². The molecule has 3 heteroatoms. The molecule has 0 bridgehead atoms. The van der Waals surface area contributed by atoms with Gasteiger partial charge in [-0.05, 0) is 48.7 Å². The largest absolute Gasteiger partial charge is 0.323 e. The van der Waals surface area contributed by atoms with Crippen molar-refractivity contribution in [1.82, 2.24) is 0 Å². The highest BCUT2D eigenvalue weighted by Crippen LogP contribution is 2.34. The maximum absolute atomic E-state index is 6.15. The second kappa shape index (κ2) is 5.87. The molecule has 1 nitrogen and oxygen atoms in total. The standard InChI is InChI=1S/C15H18ClNS/c1-3-4-13(17)15-8-7-14(18-15)12-6-5-11(16)9-10(12)2/h5-9,13H,3-4,17H2,1-2H3. The third kappa shape index (κ3) is 2.94. The van der Waals surface area contributed by atoms with E-state index in [0.29, 0.717) is 0 Å². The number of aryl methyl sites for hydroxylation is 1. The van der Waals surface area contributed by atoms with E-state index in [1.165, 1.54) is 20.9 Å². The van der Waals surface area contributed by atoms with E-state index in [1.54, 1.807) is 11.3 Å². The van der Waals surface area contributed by atoms with Crippen LogP contribution < -0.4 is 5.73 Å². The molecule has 0 aliphatic heterocycles. The highest BCUT2D eigenvalue weighted by molar-refractivity contribution is 7.15. The van der Waals surface area contributed by atoms with Crippen molar-refractivity contribution < 1.29 is 0 Å². The van der Waals surface area contributed by atoms with E-state index in [1.807, 2.05) is 12.1 Å². The third-order valence-electron chi connectivity index (χ3n) is 3.05. The first kappa shape index (κ1) is 13.6. The fraction of sp³-hybridized carbons (Fsp3) is 0.333. The molecule has 0 saturated carbocycles. The van der Waals surface area contributed by atoms with Gasteiger partial charge in [0.05, 0.1) is 0 Å². The van der Waals surface area contributed by atoms with E-state index in [-0.39, 0.29) is 6.04 Å². The van der Waals surface area contributed by atoms with Gasteiger partial charge in [0.15, 0.2) is 0 Å². The van der Waals surface area contributed by atoms with E-state index >= 15 is 0 Å². The van der Waals surface area contributed by atoms with Crippen LogP contribution in [0.5, 0.6) is 0 Å². The fourth-order valence-electron chi connectivity index (χ4n) is 2.05. The summed E-state index contributed by atoms with van der Waals surface area (Å²) >= 11 is 7.77. The van der Waals surface area contributed by atoms with Gasteiger partial charge in [0.2, 0.25) is 0 Å². The summed E-state index contributed by atoms with van der Waals surface area (Å²) in [7, 11) is 0. The fourth-order valence-corrected chi connectivity index (χ4v) is 3.41. The molecule has 2 N–H and O–H groups in total. The van der Waals surface area contributed by atoms with Crippen molar-refractivity contribution in [2.75, 3.05) is 0 Å². The Morgan fingerprint density at radius 1 is 1.28 bits per heavy atom. The Morgan fingerprint density at radius 3 is 2.72 bits per heavy atom. The van der Waals surface area contributed by atoms with Gasteiger partial charge in [0.25, 0.3) is 0 Å². The second-order valence-electron chi connectivity index (χ2n) is 4.56. The summed E-state index contributed by atoms with van der Waals surface area (Å²) < 4.78 is 0. The first-order valence-electron chi connectivity index (χ1n) is 6.23. The molecule has 0 aliphatic carbocycles. The maximum atomic E-state index is 6.15. The van der Waals surface area contributed by atoms with Gasteiger partial charge >= 0.3 is 0 Å². The van der Waals surface area contributed by atoms with Crippen LogP contribution in [0.4, 0.5) is 0 Å². The van der Waals surface area contributed by atoms with Crippen LogP contribution in [-0.2, 0) is 0 Å². The molecule has 2 aromatic rings. The molecule has 1 heterocycles. The average molecular weight is 280 g/mol. The number of halogens is 1. The van der Waals surface area contributed by atoms with Gasteiger partial charge in [0, 0.05) is 20.8 Å². The quantitative estimate of drug-likeness (QED) is 0.820. The van der Waals surface area contributed by atoms with Crippen LogP contribution in [0.15, 0.2) is 30.3 Å². The van der Waals surface area contributed by atoms with E-state index in [9.17, 15) is 0 Å². The van der Waals surface area contributed by atoms with Crippen LogP contribution in [0.3, 0.4) is 0 Å². The molecular formula is C15H18ClNS. The second-order valence-corrected chi connectivity index (χ2v) is 6.11. The molecule has 96 valence electrons. The van der Waals surface area contributed by atoms with E-state index in [0.717, 1.165) is 17.9 Å². The van der Waals surface area contributed by atoms with Crippen molar-refractivity contribution >= 4 is 22.9 Å². The van der Waals surface area contributed by atoms with E-state index in [2.05, 4.69) is 32.0 Å². The normalized spacial score (nSPS) is 12.7. The molecule has 0 saturated heterocycles. The lowest BCUT2D eigenvalue weighted by atomic mass is 10.1. The van der Waals surface area contributed by atoms with Gasteiger partial charge in [-0.25, -0.2) is 0 Å². The molecule has 1 aromatic heterocycles. The number of rotatable bonds is 4. The minimum absolute atomic E-state index is 0.168. The van der Waals surface area contributed by atoms with Crippen molar-refractivity contribution in [3.8, 4) is 10.4 Å². The summed E-state index contributed by atoms with van der Waals surface area (Å²) in [4.78, 5) is 2.53. The average Bonchev–Trinajstić information content (AvgIpc) is 2.78. The van der Waals surface area contributed by atoms with Crippen LogP contribution >= 0.6 is 22.9 Å². The zero-order valence-electron chi connectivity index (χ0n) is 10.7. The van der Waals surface area contributed by atoms with Crippen LogP contribution in [0.25, 0.3) is 10.4 Å². The summed E-state index contributed by atoms with van der Waals surface area (Å²) in [5, 5.41) is 0.788. The minimum Gasteiger partial charge on any atom is -0.323 e. The van der Waals surface area contributed by atoms with Crippen molar-refractivity contribution in [3.05, 3.63) is 45.8 Å². The summed E-state index contributed by atoms with van der Waals surface area (Å²) in [5.74, 6) is 0. The Bertz CT molecular complexity index is 533. The zero-order chi connectivity index (χ0) is 13.1. The Morgan fingerprint density at radius 2 is 2.06 bits per heavy atom. The first-order chi connectivity index (χ1) is 8.61. The van der Waals surface area contributed by atoms with E-state index in [4.69, 9.17) is 17.3 Å². The smallest absolute Gasteiger partial charge is 0.0409 e. The molecule has 0 fully saturated rings. The number of benzene rings is 1. The van der Waals surface area contributed by atoms with Crippen LogP contribution in [0.1, 0.15) is 36.2 Å². The van der Waals surface area contributed by atoms with Crippen LogP contribution in [0.2, 0.25) is 5.02 Å². The minimum atomic E-state index is 0.168. The lowest BCUT2D eigenvalue weighted by molar-refractivity contribution is 0.648. The number of thiophene rings is 1. The SMILES string of the molecule is CCCC(N)c1ccc(-c2ccc(Cl)cc2C)s1. The van der Waals surface area contributed by atoms with Gasteiger partial charge in [-0.15, -0.1) is 11.3 Å². The Labute approximate surface area is 118 Å². The first-order valence-corrected chi connectivity index (χ1v) is 7.43. The van der Waals surface area contributed by atoms with Crippen molar-refractivity contribution in [2.24, 2.45) is 5.73 Å². The number of hydrogen-bond acceptors (Lipinski definition) is 2. The van der Waals surface area contributed by atoms with Gasteiger partial charge in [-0.1, -0.05) is 31.0 Å². The molecule has 1 unspecified atom stereocenters. The molecule has 0 spiro atoms. The van der Waals surface area contributed by atoms with Gasteiger partial charge in [0.1, 0.15) is 0 Å². The Kier molecular flexibility index (Phi) is 4.44. The van der Waals surface area contributed by atoms with Crippen molar-refractivity contribution in [1.29, 1.82) is 0 Å². The van der Waals surface area contributed by atoms with Crippen LogP contribution in [-0.4, -0.2) is 0 Å². The summed E-state index contributed by atoms with van der Waals surface area (Å²) in [5.41, 5.74) is 8.61. The molecular weight excluding hydrogens is 262 g/mol. The van der Waals surface area contributed by atoms with Gasteiger partial charge in [-0.3, -0.25) is 0 Å². The number of hydrogen-bond donors (Lipinski definition) is 1. The lowest BCUT2D eigenvalue weighted by Crippen LogP contribution is -2.07. The molecule has 0 radical (unpaired) electrons. The van der Waals surface area contributed by atoms with Crippen molar-refractivity contribution in [2.45, 2.75) is 32.7 Å². The lowest BCUT2D eigenvalue weighted by Gasteiger charge is -2.07. The molecule has 1 atom stereocenters. The number of nitrogens with two attached hydrogens (primary N) is 1. The predicted molar refractivity (Wildman–Crippen MR) is 81.3 cm³/mol. The predicted octanol–water partition coefficient (Wildman–Crippen LogP) is 5.18. The summed E-state index contributed by atoms with van der Waals surface area (Å²) in [6, 6.07) is 10.5. The topological polar surface area (TPSA) is 26.0 Å². The highest BCUT2D eigenvalue weighted by Gasteiger charge is 2.10. The third-order valence-corrected chi connectivity index (χ3v) is 4.53. The summed E-state index contributed by atoms with van der Waals surface area (Å²) in [6.45, 7) is 4.25. The monoisotopic (exact) mass is 279 g/mol. The Hall–Kier alpha value is -0.830. The molecule has 18 heavy (non-hydrogen) atoms. The van der Waals surface area contributed by atoms with Gasteiger partial charge in [-0.2, -0.15) is 0 Å². The van der Waals surface area contributed by atoms with Crippen molar-refractivity contribution in [3.63, 3.8) is 0 Å². The Balaban J connectivity index is 2.29. The highest BCUT2D eigenvalue weighted by atomic mass is 35.5. The maximum Gasteiger partial charge on any atom is 0.0409 e. The van der Waals surface area contributed by atoms with Crippen LogP contribution in [0, 0.1) is 6.92 Å². The zero-order valence-corrected chi connectivity index (χ0v) is 12.3. The molecule has 0 aliphatic rings. The molecule has 1 aromatic carbocycles. The molecule has 2 rings (SSSR count). The summed E-state index contributed by atoms with van der Waals surface area (Å²) in [6.07, 6.45) is 2.16. The molecule has 0 amide bonds.